The second-order valence-electron chi connectivity index (χ2n) is 12.9. The average Bonchev–Trinajstić information content (AvgIpc) is 3.59. The van der Waals surface area contributed by atoms with E-state index in [-0.39, 0.29) is 0 Å². The first kappa shape index (κ1) is 28.8. The molecule has 0 atom stereocenters. The third-order valence-corrected chi connectivity index (χ3v) is 11.2. The molecule has 0 saturated carbocycles. The molecule has 0 bridgehead atoms. The van der Waals surface area contributed by atoms with Crippen molar-refractivity contribution in [2.24, 2.45) is 0 Å². The van der Waals surface area contributed by atoms with Crippen LogP contribution in [0.2, 0.25) is 0 Å². The fourth-order valence-corrected chi connectivity index (χ4v) is 9.00. The van der Waals surface area contributed by atoms with E-state index in [2.05, 4.69) is 193 Å². The van der Waals surface area contributed by atoms with Gasteiger partial charge in [0.1, 0.15) is 0 Å². The van der Waals surface area contributed by atoms with Gasteiger partial charge in [0.05, 0.1) is 11.4 Å². The molecule has 1 aromatic heterocycles. The number of anilines is 3. The van der Waals surface area contributed by atoms with E-state index in [4.69, 9.17) is 0 Å². The van der Waals surface area contributed by atoms with Crippen molar-refractivity contribution in [3.63, 3.8) is 0 Å². The van der Waals surface area contributed by atoms with Crippen molar-refractivity contribution in [2.75, 3.05) is 4.90 Å². The summed E-state index contributed by atoms with van der Waals surface area (Å²) in [7, 11) is 0. The minimum atomic E-state index is 1.12. The Kier molecular flexibility index (Phi) is 6.75. The van der Waals surface area contributed by atoms with Crippen LogP contribution in [0.5, 0.6) is 0 Å². The van der Waals surface area contributed by atoms with E-state index in [1.165, 1.54) is 74.7 Å². The molecular weight excluding hydrogens is 623 g/mol. The SMILES string of the molecule is c1ccc(-c2ccccc2N(c2ccc(-c3cc4ccccc4c4sc5ccccc5c34)cc2)c2cc3ccccc3c3ccccc23)cc1. The van der Waals surface area contributed by atoms with Crippen molar-refractivity contribution in [3.8, 4) is 22.3 Å². The lowest BCUT2D eigenvalue weighted by atomic mass is 9.95. The molecule has 1 heterocycles. The van der Waals surface area contributed by atoms with E-state index in [9.17, 15) is 0 Å². The Bertz CT molecular complexity index is 2870. The second-order valence-corrected chi connectivity index (χ2v) is 13.9. The molecule has 10 aromatic rings. The summed E-state index contributed by atoms with van der Waals surface area (Å²) in [6, 6.07) is 68.6. The van der Waals surface area contributed by atoms with Gasteiger partial charge >= 0.3 is 0 Å². The van der Waals surface area contributed by atoms with Gasteiger partial charge in [-0.1, -0.05) is 152 Å². The fourth-order valence-electron chi connectivity index (χ4n) is 7.74. The Morgan fingerprint density at radius 1 is 0.360 bits per heavy atom. The molecule has 50 heavy (non-hydrogen) atoms. The Morgan fingerprint density at radius 3 is 1.74 bits per heavy atom. The molecule has 10 rings (SSSR count). The van der Waals surface area contributed by atoms with Crippen LogP contribution in [0.1, 0.15) is 0 Å². The molecule has 0 fully saturated rings. The topological polar surface area (TPSA) is 3.24 Å². The van der Waals surface area contributed by atoms with Crippen molar-refractivity contribution in [1.82, 2.24) is 0 Å². The molecule has 0 spiro atoms. The van der Waals surface area contributed by atoms with Crippen LogP contribution >= 0.6 is 11.3 Å². The van der Waals surface area contributed by atoms with E-state index >= 15 is 0 Å². The molecule has 0 aliphatic heterocycles. The van der Waals surface area contributed by atoms with Crippen LogP contribution in [0.25, 0.3) is 74.7 Å². The smallest absolute Gasteiger partial charge is 0.0546 e. The Hall–Kier alpha value is -6.22. The minimum absolute atomic E-state index is 1.12. The van der Waals surface area contributed by atoms with E-state index < -0.39 is 0 Å². The quantitative estimate of drug-likeness (QED) is 0.167. The zero-order chi connectivity index (χ0) is 33.0. The maximum atomic E-state index is 2.46. The maximum Gasteiger partial charge on any atom is 0.0546 e. The van der Waals surface area contributed by atoms with Gasteiger partial charge in [-0.3, -0.25) is 0 Å². The number of hydrogen-bond acceptors (Lipinski definition) is 2. The van der Waals surface area contributed by atoms with Gasteiger partial charge in [0.25, 0.3) is 0 Å². The van der Waals surface area contributed by atoms with Gasteiger partial charge in [-0.05, 0) is 80.0 Å². The molecule has 0 radical (unpaired) electrons. The summed E-state index contributed by atoms with van der Waals surface area (Å²) in [5.74, 6) is 0. The van der Waals surface area contributed by atoms with Crippen LogP contribution in [-0.2, 0) is 0 Å². The van der Waals surface area contributed by atoms with E-state index in [1.54, 1.807) is 0 Å². The number of hydrogen-bond donors (Lipinski definition) is 0. The largest absolute Gasteiger partial charge is 0.309 e. The first-order valence-corrected chi connectivity index (χ1v) is 17.9. The number of benzene rings is 9. The molecule has 234 valence electrons. The van der Waals surface area contributed by atoms with Gasteiger partial charge in [-0.15, -0.1) is 11.3 Å². The summed E-state index contributed by atoms with van der Waals surface area (Å²) in [4.78, 5) is 2.46. The average molecular weight is 654 g/mol. The highest BCUT2D eigenvalue weighted by Gasteiger charge is 2.21. The minimum Gasteiger partial charge on any atom is -0.309 e. The van der Waals surface area contributed by atoms with Gasteiger partial charge < -0.3 is 4.90 Å². The summed E-state index contributed by atoms with van der Waals surface area (Å²) in [5, 5.41) is 10.2. The first-order valence-electron chi connectivity index (χ1n) is 17.1. The van der Waals surface area contributed by atoms with Crippen LogP contribution in [0.3, 0.4) is 0 Å². The molecular formula is C48H31NS. The highest BCUT2D eigenvalue weighted by molar-refractivity contribution is 7.26. The van der Waals surface area contributed by atoms with Crippen LogP contribution in [0.4, 0.5) is 17.1 Å². The van der Waals surface area contributed by atoms with Gasteiger partial charge in [0, 0.05) is 36.8 Å². The lowest BCUT2D eigenvalue weighted by molar-refractivity contribution is 1.30. The van der Waals surface area contributed by atoms with Crippen molar-refractivity contribution in [2.45, 2.75) is 0 Å². The highest BCUT2D eigenvalue weighted by atomic mass is 32.1. The second kappa shape index (κ2) is 11.7. The number of thiophene rings is 1. The van der Waals surface area contributed by atoms with Crippen molar-refractivity contribution in [3.05, 3.63) is 188 Å². The summed E-state index contributed by atoms with van der Waals surface area (Å²) in [6.45, 7) is 0. The Morgan fingerprint density at radius 2 is 0.940 bits per heavy atom. The maximum absolute atomic E-state index is 2.46. The van der Waals surface area contributed by atoms with Gasteiger partial charge in [0.2, 0.25) is 0 Å². The molecule has 0 aliphatic rings. The normalized spacial score (nSPS) is 11.6. The molecule has 0 unspecified atom stereocenters. The van der Waals surface area contributed by atoms with E-state index in [0.717, 1.165) is 17.1 Å². The van der Waals surface area contributed by atoms with Crippen LogP contribution < -0.4 is 4.90 Å². The van der Waals surface area contributed by atoms with Crippen molar-refractivity contribution < 1.29 is 0 Å². The van der Waals surface area contributed by atoms with Crippen LogP contribution in [-0.4, -0.2) is 0 Å². The zero-order valence-electron chi connectivity index (χ0n) is 27.3. The van der Waals surface area contributed by atoms with Crippen LogP contribution in [0.15, 0.2) is 188 Å². The molecule has 0 amide bonds. The fraction of sp³-hybridized carbons (Fsp3) is 0. The van der Waals surface area contributed by atoms with E-state index in [1.807, 2.05) is 11.3 Å². The summed E-state index contributed by atoms with van der Waals surface area (Å²) >= 11 is 1.90. The predicted octanol–water partition coefficient (Wildman–Crippen LogP) is 14.3. The molecule has 0 N–H and O–H groups in total. The Labute approximate surface area is 294 Å². The third kappa shape index (κ3) is 4.61. The van der Waals surface area contributed by atoms with Crippen molar-refractivity contribution in [1.29, 1.82) is 0 Å². The summed E-state index contributed by atoms with van der Waals surface area (Å²) < 4.78 is 2.67. The highest BCUT2D eigenvalue weighted by Crippen LogP contribution is 2.47. The van der Waals surface area contributed by atoms with Crippen molar-refractivity contribution >= 4 is 80.9 Å². The summed E-state index contributed by atoms with van der Waals surface area (Å²) in [5.41, 5.74) is 8.29. The standard InChI is InChI=1S/C48H31NS/c1-2-14-32(15-3-1)38-19-10-12-24-44(38)49(45-31-35-17-4-6-18-37(35)40-21-8-9-22-41(40)45)36-28-26-33(27-29-36)43-30-34-16-5-7-20-39(34)48-47(43)42-23-11-13-25-46(42)50-48/h1-31H. The molecule has 9 aromatic carbocycles. The third-order valence-electron chi connectivity index (χ3n) is 10.0. The predicted molar refractivity (Wildman–Crippen MR) is 217 cm³/mol. The molecule has 1 nitrogen and oxygen atoms in total. The first-order chi connectivity index (χ1) is 24.8. The number of rotatable bonds is 5. The number of nitrogens with zero attached hydrogens (tertiary/aromatic N) is 1. The monoisotopic (exact) mass is 653 g/mol. The van der Waals surface area contributed by atoms with Gasteiger partial charge in [-0.2, -0.15) is 0 Å². The van der Waals surface area contributed by atoms with Crippen LogP contribution in [0, 0.1) is 0 Å². The van der Waals surface area contributed by atoms with E-state index in [0.29, 0.717) is 0 Å². The molecule has 2 heteroatoms. The van der Waals surface area contributed by atoms with Gasteiger partial charge in [-0.25, -0.2) is 0 Å². The zero-order valence-corrected chi connectivity index (χ0v) is 28.1. The lowest BCUT2D eigenvalue weighted by Crippen LogP contribution is -2.12. The van der Waals surface area contributed by atoms with Gasteiger partial charge in [0.15, 0.2) is 0 Å². The number of para-hydroxylation sites is 1. The molecule has 0 aliphatic carbocycles. The summed E-state index contributed by atoms with van der Waals surface area (Å²) in [6.07, 6.45) is 0. The number of fused-ring (bicyclic) bond motifs is 8. The Balaban J connectivity index is 1.22. The molecule has 0 saturated heterocycles. The lowest BCUT2D eigenvalue weighted by Gasteiger charge is -2.29.